The summed E-state index contributed by atoms with van der Waals surface area (Å²) in [5, 5.41) is 4.74. The van der Waals surface area contributed by atoms with Gasteiger partial charge in [-0.05, 0) is 320 Å². The lowest BCUT2D eigenvalue weighted by atomic mass is 9.68. The van der Waals surface area contributed by atoms with Crippen LogP contribution in [0.15, 0.2) is 336 Å². The molecule has 19 aromatic rings. The van der Waals surface area contributed by atoms with Crippen molar-refractivity contribution in [1.29, 1.82) is 0 Å². The molecule has 0 unspecified atom stereocenters. The monoisotopic (exact) mass is 1860 g/mol. The lowest BCUT2D eigenvalue weighted by Gasteiger charge is -2.35. The Labute approximate surface area is 845 Å². The van der Waals surface area contributed by atoms with Gasteiger partial charge in [-0.15, -0.1) is 0 Å². The van der Waals surface area contributed by atoms with E-state index in [2.05, 4.69) is 395 Å². The molecule has 0 saturated heterocycles. The SMILES string of the molecule is CCCCCCCC1(CCCCCCC)c2ccccc2-c2ccc(-c3ccc4c(c3)C(C)(C)c3cc(-c5ccc(-c6cc7c(c8c6oc6ccccc68)-c6ccc(N(c8ccc9c(c8)C8(c%10ccccc%10-c%10ccccc%108)c8cc%10c(cc8-9)C8(c9ccccc9-c9ccccc98)c8ccc9oc%11ccccc%11c9c8-%10)c8c(C)cc(C)cc8C)cc6C7(CCCCCCC)CCCCCCC)cc5)ccc3-4)cc21. The van der Waals surface area contributed by atoms with Crippen molar-refractivity contribution in [3.05, 3.63) is 422 Å². The zero-order valence-corrected chi connectivity index (χ0v) is 84.9. The molecule has 0 amide bonds. The van der Waals surface area contributed by atoms with Gasteiger partial charge in [0, 0.05) is 54.7 Å². The van der Waals surface area contributed by atoms with E-state index < -0.39 is 10.8 Å². The summed E-state index contributed by atoms with van der Waals surface area (Å²) >= 11 is 0. The molecule has 0 N–H and O–H groups in total. The van der Waals surface area contributed by atoms with Gasteiger partial charge in [-0.1, -0.05) is 424 Å². The van der Waals surface area contributed by atoms with Crippen LogP contribution in [0, 0.1) is 20.8 Å². The van der Waals surface area contributed by atoms with Crippen LogP contribution in [0.2, 0.25) is 0 Å². The average molecular weight is 1860 g/mol. The molecule has 0 bridgehead atoms. The minimum absolute atomic E-state index is 0.0288. The minimum Gasteiger partial charge on any atom is -0.456 e. The number of anilines is 3. The number of hydrogen-bond donors (Lipinski definition) is 0. The van der Waals surface area contributed by atoms with Gasteiger partial charge in [0.15, 0.2) is 0 Å². The maximum Gasteiger partial charge on any atom is 0.143 e. The largest absolute Gasteiger partial charge is 0.456 e. The van der Waals surface area contributed by atoms with Crippen LogP contribution in [-0.4, -0.2) is 0 Å². The van der Waals surface area contributed by atoms with Gasteiger partial charge in [0.1, 0.15) is 22.3 Å². The number of hydrogen-bond acceptors (Lipinski definition) is 3. The second-order valence-electron chi connectivity index (χ2n) is 44.1. The molecule has 2 heterocycles. The Morgan fingerprint density at radius 2 is 0.587 bits per heavy atom. The molecule has 0 atom stereocenters. The van der Waals surface area contributed by atoms with Gasteiger partial charge >= 0.3 is 0 Å². The number of rotatable bonds is 30. The maximum absolute atomic E-state index is 7.51. The first-order valence-corrected chi connectivity index (χ1v) is 54.6. The summed E-state index contributed by atoms with van der Waals surface area (Å²) in [5.41, 5.74) is 54.6. The fourth-order valence-corrected chi connectivity index (χ4v) is 29.4. The summed E-state index contributed by atoms with van der Waals surface area (Å²) in [5.74, 6) is 0. The van der Waals surface area contributed by atoms with E-state index in [-0.39, 0.29) is 16.2 Å². The summed E-state index contributed by atoms with van der Waals surface area (Å²) in [4.78, 5) is 2.71. The van der Waals surface area contributed by atoms with E-state index in [9.17, 15) is 0 Å². The number of furan rings is 2. The molecule has 7 aliphatic carbocycles. The van der Waals surface area contributed by atoms with Crippen LogP contribution in [0.5, 0.6) is 0 Å². The molecule has 0 fully saturated rings. The normalized spacial score (nSPS) is 14.9. The number of aryl methyl sites for hydroxylation is 3. The summed E-state index contributed by atoms with van der Waals surface area (Å²) in [6, 6.07) is 130. The molecule has 2 spiro atoms. The van der Waals surface area contributed by atoms with E-state index in [1.807, 2.05) is 0 Å². The maximum atomic E-state index is 7.51. The third-order valence-corrected chi connectivity index (χ3v) is 35.7. The Kier molecular flexibility index (Phi) is 21.9. The highest BCUT2D eigenvalue weighted by Crippen LogP contribution is 2.71. The third kappa shape index (κ3) is 13.3. The number of benzene rings is 17. The van der Waals surface area contributed by atoms with E-state index in [1.54, 1.807) is 11.1 Å². The Balaban J connectivity index is 0.611. The van der Waals surface area contributed by atoms with Crippen LogP contribution >= 0.6 is 0 Å². The average Bonchev–Trinajstić information content (AvgIpc) is 1.48. The van der Waals surface area contributed by atoms with Crippen LogP contribution in [0.3, 0.4) is 0 Å². The summed E-state index contributed by atoms with van der Waals surface area (Å²) in [6.45, 7) is 21.4. The van der Waals surface area contributed by atoms with Crippen molar-refractivity contribution in [1.82, 2.24) is 0 Å². The van der Waals surface area contributed by atoms with Crippen molar-refractivity contribution < 1.29 is 8.83 Å². The van der Waals surface area contributed by atoms with E-state index >= 15 is 0 Å². The molecule has 2 aromatic heterocycles. The lowest BCUT2D eigenvalue weighted by Crippen LogP contribution is -2.27. The minimum atomic E-state index is -0.715. The first kappa shape index (κ1) is 89.2. The molecular weight excluding hydrogens is 1730 g/mol. The molecule has 143 heavy (non-hydrogen) atoms. The first-order valence-electron chi connectivity index (χ1n) is 54.6. The van der Waals surface area contributed by atoms with Crippen molar-refractivity contribution in [3.8, 4) is 111 Å². The molecule has 0 aliphatic heterocycles. The molecule has 0 radical (unpaired) electrons. The third-order valence-electron chi connectivity index (χ3n) is 35.7. The zero-order chi connectivity index (χ0) is 96.4. The van der Waals surface area contributed by atoms with Crippen molar-refractivity contribution >= 4 is 60.9 Å². The van der Waals surface area contributed by atoms with Crippen LogP contribution in [0.25, 0.3) is 155 Å². The smallest absolute Gasteiger partial charge is 0.143 e. The van der Waals surface area contributed by atoms with Crippen molar-refractivity contribution in [2.45, 2.75) is 243 Å². The Hall–Kier alpha value is -13.9. The Bertz CT molecular complexity index is 8230. The van der Waals surface area contributed by atoms with E-state index in [4.69, 9.17) is 8.83 Å². The number of fused-ring (bicyclic) bond motifs is 37. The highest BCUT2D eigenvalue weighted by atomic mass is 16.3. The van der Waals surface area contributed by atoms with Crippen LogP contribution in [0.1, 0.15) is 290 Å². The molecule has 17 aromatic carbocycles. The van der Waals surface area contributed by atoms with Gasteiger partial charge in [0.2, 0.25) is 0 Å². The Morgan fingerprint density at radius 1 is 0.231 bits per heavy atom. The van der Waals surface area contributed by atoms with Crippen LogP contribution in [-0.2, 0) is 27.1 Å². The lowest BCUT2D eigenvalue weighted by molar-refractivity contribution is 0.399. The van der Waals surface area contributed by atoms with Crippen molar-refractivity contribution in [2.75, 3.05) is 4.90 Å². The van der Waals surface area contributed by atoms with Gasteiger partial charge in [-0.25, -0.2) is 0 Å². The molecule has 26 rings (SSSR count). The number of unbranched alkanes of at least 4 members (excludes halogenated alkanes) is 16. The molecule has 3 nitrogen and oxygen atoms in total. The second-order valence-corrected chi connectivity index (χ2v) is 44.1. The van der Waals surface area contributed by atoms with E-state index in [0.29, 0.717) is 0 Å². The molecular formula is C140H129NO2. The number of nitrogens with zero attached hydrogens (tertiary/aromatic N) is 1. The van der Waals surface area contributed by atoms with Crippen molar-refractivity contribution in [2.24, 2.45) is 0 Å². The van der Waals surface area contributed by atoms with Gasteiger partial charge in [0.05, 0.1) is 16.5 Å². The Morgan fingerprint density at radius 3 is 1.12 bits per heavy atom. The van der Waals surface area contributed by atoms with Gasteiger partial charge in [0.25, 0.3) is 0 Å². The molecule has 3 heteroatoms. The highest BCUT2D eigenvalue weighted by Gasteiger charge is 2.58. The van der Waals surface area contributed by atoms with E-state index in [1.165, 1.54) is 351 Å². The molecule has 706 valence electrons. The van der Waals surface area contributed by atoms with Gasteiger partial charge in [-0.2, -0.15) is 0 Å². The highest BCUT2D eigenvalue weighted by molar-refractivity contribution is 6.20. The van der Waals surface area contributed by atoms with Crippen molar-refractivity contribution in [3.63, 3.8) is 0 Å². The molecule has 7 aliphatic rings. The van der Waals surface area contributed by atoms with Gasteiger partial charge in [-0.3, -0.25) is 0 Å². The fraction of sp³-hybridized carbons (Fsp3) is 0.271. The quantitative estimate of drug-likeness (QED) is 0.0420. The summed E-state index contributed by atoms with van der Waals surface area (Å²) in [7, 11) is 0. The predicted molar refractivity (Wildman–Crippen MR) is 602 cm³/mol. The number of para-hydroxylation sites is 2. The summed E-state index contributed by atoms with van der Waals surface area (Å²) in [6.07, 6.45) is 29.5. The van der Waals surface area contributed by atoms with Gasteiger partial charge < -0.3 is 13.7 Å². The second kappa shape index (κ2) is 35.0. The molecule has 0 saturated carbocycles. The zero-order valence-electron chi connectivity index (χ0n) is 84.9. The summed E-state index contributed by atoms with van der Waals surface area (Å²) < 4.78 is 14.5. The first-order chi connectivity index (χ1) is 70.2. The fourth-order valence-electron chi connectivity index (χ4n) is 29.4. The van der Waals surface area contributed by atoms with Crippen LogP contribution in [0.4, 0.5) is 17.1 Å². The van der Waals surface area contributed by atoms with Crippen LogP contribution < -0.4 is 4.90 Å². The topological polar surface area (TPSA) is 29.5 Å². The standard InChI is InChI=1S/C140H129NO2/c1-10-14-18-22-40-74-137(75-41-23-19-15-11-2)113-51-33-26-44-98(113)105-69-64-95(82-121(105)137)94-63-68-104-103-67-62-93(80-119(103)136(8,9)120(104)81-94)91-58-60-92(61-59-91)110-85-126-130(133-109-50-32-39-57-128(109)143-135(110)133)107-71-66-96(83-122(107)138(126,76-42-24-20-16-12-3)77-43-25-21-17-13-4)141(134-89(6)78-88(5)79-90(134)7)97-65-70-106-111-86-125-112(87-124(111)140(123(106)84-97)116-54-36-29-47-101(116)102-48-30-37-55-117(102)140)131-118(72-73-129-132(131)108-49-31-38-56-127(108)142-129)139(125)114-52-34-27-45-99(114)100-46-28-35-53-115(100)139/h26-39,44-73,78-87H,10-25,40-43,74-77H2,1-9H3. The van der Waals surface area contributed by atoms with E-state index in [0.717, 1.165) is 59.1 Å². The predicted octanol–water partition coefficient (Wildman–Crippen LogP) is 39.8.